The molecule has 1 fully saturated rings. The number of aromatic nitrogens is 1. The number of nitrogens with one attached hydrogen (secondary N) is 1. The van der Waals surface area contributed by atoms with Crippen LogP contribution in [-0.2, 0) is 6.42 Å². The van der Waals surface area contributed by atoms with Crippen LogP contribution in [0.1, 0.15) is 47.8 Å². The van der Waals surface area contributed by atoms with Crippen LogP contribution >= 0.6 is 22.9 Å². The first-order valence-electron chi connectivity index (χ1n) is 8.83. The second kappa shape index (κ2) is 7.22. The summed E-state index contributed by atoms with van der Waals surface area (Å²) in [5, 5.41) is 5.94. The molecule has 2 aromatic heterocycles. The van der Waals surface area contributed by atoms with E-state index in [2.05, 4.69) is 27.4 Å². The number of benzene rings is 1. The van der Waals surface area contributed by atoms with Crippen LogP contribution in [0.15, 0.2) is 41.8 Å². The van der Waals surface area contributed by atoms with Gasteiger partial charge in [-0.1, -0.05) is 36.6 Å². The molecule has 4 rings (SSSR count). The van der Waals surface area contributed by atoms with E-state index in [4.69, 9.17) is 11.6 Å². The van der Waals surface area contributed by atoms with Gasteiger partial charge >= 0.3 is 0 Å². The molecule has 1 aliphatic carbocycles. The van der Waals surface area contributed by atoms with Gasteiger partial charge in [0.2, 0.25) is 0 Å². The third-order valence-electron chi connectivity index (χ3n) is 5.00. The number of fused-ring (bicyclic) bond motifs is 1. The molecule has 1 saturated carbocycles. The Hall–Kier alpha value is -1.78. The molecule has 0 bridgehead atoms. The maximum absolute atomic E-state index is 12.8. The van der Waals surface area contributed by atoms with E-state index in [1.165, 1.54) is 41.5 Å². The molecule has 3 nitrogen and oxygen atoms in total. The summed E-state index contributed by atoms with van der Waals surface area (Å²) in [4.78, 5) is 12.8. The zero-order valence-electron chi connectivity index (χ0n) is 14.0. The molecule has 1 N–H and O–H groups in total. The number of amides is 1. The predicted octanol–water partition coefficient (Wildman–Crippen LogP) is 5.44. The molecular formula is C20H21ClN2OS. The molecule has 0 radical (unpaired) electrons. The summed E-state index contributed by atoms with van der Waals surface area (Å²) in [7, 11) is 0. The highest BCUT2D eigenvalue weighted by molar-refractivity contribution is 7.17. The molecule has 0 spiro atoms. The van der Waals surface area contributed by atoms with E-state index in [0.717, 1.165) is 17.1 Å². The second-order valence-corrected chi connectivity index (χ2v) is 8.02. The van der Waals surface area contributed by atoms with Crippen LogP contribution in [0.2, 0.25) is 5.02 Å². The van der Waals surface area contributed by atoms with Crippen LogP contribution < -0.4 is 5.32 Å². The van der Waals surface area contributed by atoms with Gasteiger partial charge in [-0.05, 0) is 54.5 Å². The molecule has 0 unspecified atom stereocenters. The normalized spacial score (nSPS) is 15.1. The molecule has 3 aromatic rings. The minimum absolute atomic E-state index is 0.0317. The van der Waals surface area contributed by atoms with E-state index in [1.807, 2.05) is 24.3 Å². The first-order chi connectivity index (χ1) is 12.2. The topological polar surface area (TPSA) is 34.0 Å². The predicted molar refractivity (Wildman–Crippen MR) is 105 cm³/mol. The smallest absolute Gasteiger partial charge is 0.267 e. The lowest BCUT2D eigenvalue weighted by molar-refractivity contribution is 0.0943. The van der Waals surface area contributed by atoms with Crippen molar-refractivity contribution in [2.24, 2.45) is 0 Å². The Morgan fingerprint density at radius 3 is 2.72 bits per heavy atom. The molecule has 1 aromatic carbocycles. The molecular weight excluding hydrogens is 352 g/mol. The van der Waals surface area contributed by atoms with Gasteiger partial charge in [0.1, 0.15) is 5.69 Å². The van der Waals surface area contributed by atoms with Crippen molar-refractivity contribution in [2.75, 3.05) is 6.54 Å². The maximum Gasteiger partial charge on any atom is 0.267 e. The van der Waals surface area contributed by atoms with Crippen molar-refractivity contribution < 1.29 is 4.79 Å². The zero-order valence-corrected chi connectivity index (χ0v) is 15.6. The van der Waals surface area contributed by atoms with Crippen LogP contribution in [0, 0.1) is 0 Å². The summed E-state index contributed by atoms with van der Waals surface area (Å²) in [6.45, 7) is 0.629. The standard InChI is InChI=1S/C20H21ClN2OS/c21-15-7-5-14(6-8-15)9-11-22-20(24)18-13-19-17(10-12-25-19)23(18)16-3-1-2-4-16/h5-8,10,12-13,16H,1-4,9,11H2,(H,22,24). The van der Waals surface area contributed by atoms with Crippen molar-refractivity contribution in [1.82, 2.24) is 9.88 Å². The van der Waals surface area contributed by atoms with Crippen molar-refractivity contribution in [3.63, 3.8) is 0 Å². The van der Waals surface area contributed by atoms with E-state index >= 15 is 0 Å². The van der Waals surface area contributed by atoms with E-state index in [-0.39, 0.29) is 5.91 Å². The third kappa shape index (κ3) is 3.46. The second-order valence-electron chi connectivity index (χ2n) is 6.64. The number of thiophene rings is 1. The zero-order chi connectivity index (χ0) is 17.2. The average Bonchev–Trinajstić information content (AvgIpc) is 3.32. The lowest BCUT2D eigenvalue weighted by Crippen LogP contribution is -2.28. The van der Waals surface area contributed by atoms with Gasteiger partial charge < -0.3 is 9.88 Å². The van der Waals surface area contributed by atoms with Gasteiger partial charge in [-0.3, -0.25) is 4.79 Å². The Kier molecular flexibility index (Phi) is 4.82. The lowest BCUT2D eigenvalue weighted by atomic mass is 10.1. The molecule has 1 aliphatic rings. The number of hydrogen-bond acceptors (Lipinski definition) is 2. The van der Waals surface area contributed by atoms with Crippen LogP contribution in [0.3, 0.4) is 0 Å². The Balaban J connectivity index is 1.48. The third-order valence-corrected chi connectivity index (χ3v) is 6.10. The van der Waals surface area contributed by atoms with Gasteiger partial charge in [0.15, 0.2) is 0 Å². The van der Waals surface area contributed by atoms with Crippen LogP contribution in [0.5, 0.6) is 0 Å². The Morgan fingerprint density at radius 2 is 1.96 bits per heavy atom. The highest BCUT2D eigenvalue weighted by atomic mass is 35.5. The van der Waals surface area contributed by atoms with E-state index < -0.39 is 0 Å². The van der Waals surface area contributed by atoms with Gasteiger partial charge in [-0.15, -0.1) is 11.3 Å². The van der Waals surface area contributed by atoms with E-state index in [1.54, 1.807) is 11.3 Å². The van der Waals surface area contributed by atoms with Gasteiger partial charge in [-0.25, -0.2) is 0 Å². The van der Waals surface area contributed by atoms with Gasteiger partial charge in [0.05, 0.1) is 10.2 Å². The first kappa shape index (κ1) is 16.7. The highest BCUT2D eigenvalue weighted by Crippen LogP contribution is 2.36. The molecule has 25 heavy (non-hydrogen) atoms. The summed E-state index contributed by atoms with van der Waals surface area (Å²) in [5.41, 5.74) is 3.20. The van der Waals surface area contributed by atoms with Crippen LogP contribution in [0.25, 0.3) is 10.2 Å². The van der Waals surface area contributed by atoms with E-state index in [9.17, 15) is 4.79 Å². The number of rotatable bonds is 5. The number of carbonyl (C=O) groups excluding carboxylic acids is 1. The fourth-order valence-electron chi connectivity index (χ4n) is 3.74. The molecule has 0 saturated heterocycles. The van der Waals surface area contributed by atoms with Gasteiger partial charge in [0.25, 0.3) is 5.91 Å². The number of nitrogens with zero attached hydrogens (tertiary/aromatic N) is 1. The minimum atomic E-state index is 0.0317. The fourth-order valence-corrected chi connectivity index (χ4v) is 4.67. The summed E-state index contributed by atoms with van der Waals surface area (Å²) >= 11 is 7.62. The van der Waals surface area contributed by atoms with E-state index in [0.29, 0.717) is 12.6 Å². The Bertz CT molecular complexity index is 875. The highest BCUT2D eigenvalue weighted by Gasteiger charge is 2.24. The summed E-state index contributed by atoms with van der Waals surface area (Å²) in [5.74, 6) is 0.0317. The number of hydrogen-bond donors (Lipinski definition) is 1. The van der Waals surface area contributed by atoms with Crippen LogP contribution in [0.4, 0.5) is 0 Å². The fraction of sp³-hybridized carbons (Fsp3) is 0.350. The Labute approximate surface area is 156 Å². The molecule has 0 aliphatic heterocycles. The Morgan fingerprint density at radius 1 is 1.20 bits per heavy atom. The average molecular weight is 373 g/mol. The van der Waals surface area contributed by atoms with Crippen molar-refractivity contribution in [3.05, 3.63) is 58.1 Å². The number of carbonyl (C=O) groups is 1. The summed E-state index contributed by atoms with van der Waals surface area (Å²) < 4.78 is 3.48. The summed E-state index contributed by atoms with van der Waals surface area (Å²) in [6.07, 6.45) is 5.66. The minimum Gasteiger partial charge on any atom is -0.350 e. The summed E-state index contributed by atoms with van der Waals surface area (Å²) in [6, 6.07) is 12.4. The molecule has 130 valence electrons. The first-order valence-corrected chi connectivity index (χ1v) is 10.1. The van der Waals surface area contributed by atoms with Gasteiger partial charge in [-0.2, -0.15) is 0 Å². The SMILES string of the molecule is O=C(NCCc1ccc(Cl)cc1)c1cc2sccc2n1C1CCCC1. The largest absolute Gasteiger partial charge is 0.350 e. The monoisotopic (exact) mass is 372 g/mol. The lowest BCUT2D eigenvalue weighted by Gasteiger charge is -2.17. The van der Waals surface area contributed by atoms with Gasteiger partial charge in [0, 0.05) is 17.6 Å². The maximum atomic E-state index is 12.8. The quantitative estimate of drug-likeness (QED) is 0.635. The number of halogens is 1. The molecule has 1 amide bonds. The van der Waals surface area contributed by atoms with Crippen molar-refractivity contribution in [1.29, 1.82) is 0 Å². The molecule has 2 heterocycles. The van der Waals surface area contributed by atoms with Crippen molar-refractivity contribution in [3.8, 4) is 0 Å². The van der Waals surface area contributed by atoms with Crippen LogP contribution in [-0.4, -0.2) is 17.0 Å². The van der Waals surface area contributed by atoms with Crippen molar-refractivity contribution in [2.45, 2.75) is 38.1 Å². The molecule has 5 heteroatoms. The van der Waals surface area contributed by atoms with Crippen molar-refractivity contribution >= 4 is 39.1 Å². The molecule has 0 atom stereocenters.